The molecule has 2 unspecified atom stereocenters. The zero-order valence-corrected chi connectivity index (χ0v) is 12.7. The van der Waals surface area contributed by atoms with Crippen molar-refractivity contribution < 1.29 is 9.13 Å². The maximum Gasteiger partial charge on any atom is 0.124 e. The largest absolute Gasteiger partial charge is 0.378 e. The molecule has 19 heavy (non-hydrogen) atoms. The zero-order valence-electron chi connectivity index (χ0n) is 11.1. The first-order valence-electron chi connectivity index (χ1n) is 6.95. The van der Waals surface area contributed by atoms with Crippen LogP contribution in [0.1, 0.15) is 37.7 Å². The Morgan fingerprint density at radius 1 is 1.37 bits per heavy atom. The Morgan fingerprint density at radius 3 is 2.89 bits per heavy atom. The van der Waals surface area contributed by atoms with Crippen LogP contribution in [0.3, 0.4) is 0 Å². The molecule has 4 heteroatoms. The van der Waals surface area contributed by atoms with Crippen molar-refractivity contribution in [2.45, 2.75) is 50.7 Å². The van der Waals surface area contributed by atoms with Crippen molar-refractivity contribution in [3.8, 4) is 0 Å². The second-order valence-corrected chi connectivity index (χ2v) is 6.22. The van der Waals surface area contributed by atoms with Gasteiger partial charge in [0.25, 0.3) is 0 Å². The smallest absolute Gasteiger partial charge is 0.124 e. The minimum atomic E-state index is -0.216. The van der Waals surface area contributed by atoms with Crippen LogP contribution >= 0.6 is 15.9 Å². The van der Waals surface area contributed by atoms with Crippen LogP contribution in [0.5, 0.6) is 0 Å². The summed E-state index contributed by atoms with van der Waals surface area (Å²) in [6.07, 6.45) is 6.62. The molecule has 0 bridgehead atoms. The van der Waals surface area contributed by atoms with Gasteiger partial charge < -0.3 is 10.5 Å². The molecule has 0 saturated carbocycles. The second kappa shape index (κ2) is 7.36. The normalized spacial score (nSPS) is 21.3. The molecule has 2 N–H and O–H groups in total. The summed E-state index contributed by atoms with van der Waals surface area (Å²) in [7, 11) is 0. The number of nitrogens with two attached hydrogens (primary N) is 1. The summed E-state index contributed by atoms with van der Waals surface area (Å²) in [6.45, 7) is 0.886. The van der Waals surface area contributed by atoms with Gasteiger partial charge in [-0.05, 0) is 62.3 Å². The highest BCUT2D eigenvalue weighted by Crippen LogP contribution is 2.20. The van der Waals surface area contributed by atoms with Crippen LogP contribution in [0.4, 0.5) is 4.39 Å². The summed E-state index contributed by atoms with van der Waals surface area (Å²) in [5.41, 5.74) is 7.08. The van der Waals surface area contributed by atoms with Crippen molar-refractivity contribution in [3.05, 3.63) is 34.1 Å². The number of hydrogen-bond acceptors (Lipinski definition) is 2. The molecule has 2 atom stereocenters. The first-order chi connectivity index (χ1) is 9.13. The van der Waals surface area contributed by atoms with Gasteiger partial charge in [-0.2, -0.15) is 0 Å². The summed E-state index contributed by atoms with van der Waals surface area (Å²) in [6, 6.07) is 5.02. The number of ether oxygens (including phenoxy) is 1. The van der Waals surface area contributed by atoms with Crippen molar-refractivity contribution in [1.82, 2.24) is 0 Å². The molecule has 1 aliphatic rings. The van der Waals surface area contributed by atoms with E-state index in [9.17, 15) is 4.39 Å². The Kier molecular flexibility index (Phi) is 5.79. The van der Waals surface area contributed by atoms with Gasteiger partial charge in [0.1, 0.15) is 5.82 Å². The van der Waals surface area contributed by atoms with Crippen molar-refractivity contribution >= 4 is 15.9 Å². The van der Waals surface area contributed by atoms with E-state index in [0.29, 0.717) is 12.5 Å². The highest BCUT2D eigenvalue weighted by atomic mass is 79.9. The molecule has 0 radical (unpaired) electrons. The number of benzene rings is 1. The van der Waals surface area contributed by atoms with Gasteiger partial charge in [-0.25, -0.2) is 4.39 Å². The van der Waals surface area contributed by atoms with Crippen molar-refractivity contribution in [3.63, 3.8) is 0 Å². The van der Waals surface area contributed by atoms with E-state index in [1.165, 1.54) is 18.9 Å². The Labute approximate surface area is 122 Å². The van der Waals surface area contributed by atoms with E-state index in [1.54, 1.807) is 6.07 Å². The SMILES string of the molecule is NC(CCC1CCCCO1)Cc1cc(F)cc(Br)c1. The summed E-state index contributed by atoms with van der Waals surface area (Å²) in [5.74, 6) is -0.216. The van der Waals surface area contributed by atoms with Crippen LogP contribution in [-0.2, 0) is 11.2 Å². The van der Waals surface area contributed by atoms with Crippen molar-refractivity contribution in [2.24, 2.45) is 5.73 Å². The van der Waals surface area contributed by atoms with Crippen LogP contribution in [0.15, 0.2) is 22.7 Å². The molecule has 0 aromatic heterocycles. The molecule has 1 aliphatic heterocycles. The standard InChI is InChI=1S/C15H21BrFNO/c16-12-7-11(8-13(17)10-12)9-14(18)4-5-15-3-1-2-6-19-15/h7-8,10,14-15H,1-6,9,18H2. The van der Waals surface area contributed by atoms with Crippen LogP contribution in [0.25, 0.3) is 0 Å². The van der Waals surface area contributed by atoms with Gasteiger partial charge in [-0.1, -0.05) is 15.9 Å². The quantitative estimate of drug-likeness (QED) is 0.891. The van der Waals surface area contributed by atoms with E-state index in [2.05, 4.69) is 15.9 Å². The predicted molar refractivity (Wildman–Crippen MR) is 78.6 cm³/mol. The van der Waals surface area contributed by atoms with Gasteiger partial charge in [-0.15, -0.1) is 0 Å². The summed E-state index contributed by atoms with van der Waals surface area (Å²) >= 11 is 3.30. The molecule has 106 valence electrons. The average Bonchev–Trinajstić information content (AvgIpc) is 2.36. The Balaban J connectivity index is 1.78. The monoisotopic (exact) mass is 329 g/mol. The van der Waals surface area contributed by atoms with Gasteiger partial charge in [-0.3, -0.25) is 0 Å². The highest BCUT2D eigenvalue weighted by Gasteiger charge is 2.15. The second-order valence-electron chi connectivity index (χ2n) is 5.31. The minimum absolute atomic E-state index is 0.0687. The lowest BCUT2D eigenvalue weighted by molar-refractivity contribution is 0.00915. The fourth-order valence-corrected chi connectivity index (χ4v) is 3.08. The van der Waals surface area contributed by atoms with E-state index in [1.807, 2.05) is 6.07 Å². The molecule has 0 spiro atoms. The van der Waals surface area contributed by atoms with Gasteiger partial charge in [0.2, 0.25) is 0 Å². The average molecular weight is 330 g/mol. The van der Waals surface area contributed by atoms with Crippen molar-refractivity contribution in [1.29, 1.82) is 0 Å². The minimum Gasteiger partial charge on any atom is -0.378 e. The maximum atomic E-state index is 13.3. The predicted octanol–water partition coefficient (Wildman–Crippen LogP) is 3.81. The van der Waals surface area contributed by atoms with E-state index in [4.69, 9.17) is 10.5 Å². The topological polar surface area (TPSA) is 35.2 Å². The first-order valence-corrected chi connectivity index (χ1v) is 7.75. The molecular weight excluding hydrogens is 309 g/mol. The number of hydrogen-bond donors (Lipinski definition) is 1. The molecule has 1 saturated heterocycles. The van der Waals surface area contributed by atoms with E-state index < -0.39 is 0 Å². The van der Waals surface area contributed by atoms with Crippen LogP contribution < -0.4 is 5.73 Å². The molecule has 1 fully saturated rings. The third kappa shape index (κ3) is 5.21. The van der Waals surface area contributed by atoms with Crippen LogP contribution in [0, 0.1) is 5.82 Å². The van der Waals surface area contributed by atoms with E-state index in [0.717, 1.165) is 35.9 Å². The summed E-state index contributed by atoms with van der Waals surface area (Å²) < 4.78 is 19.7. The third-order valence-corrected chi connectivity index (χ3v) is 4.01. The fraction of sp³-hybridized carbons (Fsp3) is 0.600. The third-order valence-electron chi connectivity index (χ3n) is 3.55. The summed E-state index contributed by atoms with van der Waals surface area (Å²) in [4.78, 5) is 0. The molecule has 1 heterocycles. The van der Waals surface area contributed by atoms with Gasteiger partial charge in [0, 0.05) is 17.1 Å². The highest BCUT2D eigenvalue weighted by molar-refractivity contribution is 9.10. The van der Waals surface area contributed by atoms with Gasteiger partial charge >= 0.3 is 0 Å². The molecule has 1 aromatic rings. The van der Waals surface area contributed by atoms with Crippen molar-refractivity contribution in [2.75, 3.05) is 6.61 Å². The molecule has 1 aromatic carbocycles. The van der Waals surface area contributed by atoms with Gasteiger partial charge in [0.05, 0.1) is 6.10 Å². The zero-order chi connectivity index (χ0) is 13.7. The van der Waals surface area contributed by atoms with E-state index >= 15 is 0 Å². The lowest BCUT2D eigenvalue weighted by atomic mass is 9.98. The Bertz CT molecular complexity index is 387. The molecule has 2 rings (SSSR count). The lowest BCUT2D eigenvalue weighted by Gasteiger charge is -2.23. The molecule has 0 amide bonds. The van der Waals surface area contributed by atoms with Crippen LogP contribution in [0.2, 0.25) is 0 Å². The fourth-order valence-electron chi connectivity index (χ4n) is 2.57. The Morgan fingerprint density at radius 2 is 2.21 bits per heavy atom. The van der Waals surface area contributed by atoms with Gasteiger partial charge in [0.15, 0.2) is 0 Å². The lowest BCUT2D eigenvalue weighted by Crippen LogP contribution is -2.27. The molecule has 2 nitrogen and oxygen atoms in total. The molecule has 0 aliphatic carbocycles. The first kappa shape index (κ1) is 14.9. The molecular formula is C15H21BrFNO. The Hall–Kier alpha value is -0.450. The maximum absolute atomic E-state index is 13.3. The number of halogens is 2. The van der Waals surface area contributed by atoms with E-state index in [-0.39, 0.29) is 11.9 Å². The summed E-state index contributed by atoms with van der Waals surface area (Å²) in [5, 5.41) is 0. The van der Waals surface area contributed by atoms with Crippen LogP contribution in [-0.4, -0.2) is 18.8 Å². The number of rotatable bonds is 5.